The number of pyridine rings is 1. The number of hydrogen-bond acceptors (Lipinski definition) is 6. The molecule has 3 atom stereocenters. The Balaban J connectivity index is 3.03. The molecule has 0 aliphatic carbocycles. The lowest BCUT2D eigenvalue weighted by Gasteiger charge is -2.32. The molecule has 1 heterocycles. The Labute approximate surface area is 165 Å². The molecule has 0 unspecified atom stereocenters. The maximum Gasteiger partial charge on any atom is 0.273 e. The minimum Gasteiger partial charge on any atom is -0.371 e. The monoisotopic (exact) mass is 394 g/mol. The molecule has 9 heteroatoms. The molecule has 0 saturated carbocycles. The molecule has 4 N–H and O–H groups in total. The number of nitrogens with one attached hydrogen (secondary N) is 3. The average molecular weight is 394 g/mol. The molecule has 0 aromatic carbocycles. The van der Waals surface area contributed by atoms with Crippen LogP contribution in [0.2, 0.25) is 0 Å². The Kier molecular flexibility index (Phi) is 9.01. The summed E-state index contributed by atoms with van der Waals surface area (Å²) in [6.45, 7) is 7.32. The van der Waals surface area contributed by atoms with Crippen LogP contribution in [-0.4, -0.2) is 47.2 Å². The third kappa shape index (κ3) is 6.58. The van der Waals surface area contributed by atoms with E-state index in [2.05, 4.69) is 15.6 Å². The second-order valence-electron chi connectivity index (χ2n) is 7.54. The summed E-state index contributed by atoms with van der Waals surface area (Å²) in [5.74, 6) is -2.24. The third-order valence-corrected chi connectivity index (χ3v) is 4.26. The number of rotatable bonds is 9. The second kappa shape index (κ2) is 10.7. The smallest absolute Gasteiger partial charge is 0.273 e. The van der Waals surface area contributed by atoms with Crippen molar-refractivity contribution in [2.45, 2.75) is 52.7 Å². The lowest BCUT2D eigenvalue weighted by molar-refractivity contribution is -0.149. The summed E-state index contributed by atoms with van der Waals surface area (Å²) in [7, 11) is 1.28. The van der Waals surface area contributed by atoms with Crippen LogP contribution in [0.15, 0.2) is 24.4 Å². The van der Waals surface area contributed by atoms with Crippen molar-refractivity contribution in [3.8, 4) is 0 Å². The standard InChI is InChI=1S/C19H30N4O5/c1-6-9-12(14(28-5)17(25)23-27)16(24)22-15(19(2,3)4)18(26)21-13-10-7-8-11-20-13/h7-8,10-12,14-15,27H,6,9H2,1-5H3,(H,22,24)(H,23,25)(H,20,21,26)/t12-,14+,15-/m1/s1. The van der Waals surface area contributed by atoms with Gasteiger partial charge < -0.3 is 15.4 Å². The van der Waals surface area contributed by atoms with Crippen LogP contribution in [0.25, 0.3) is 0 Å². The van der Waals surface area contributed by atoms with Gasteiger partial charge >= 0.3 is 0 Å². The first-order chi connectivity index (χ1) is 13.1. The Bertz CT molecular complexity index is 660. The number of nitrogens with zero attached hydrogens (tertiary/aromatic N) is 1. The van der Waals surface area contributed by atoms with E-state index in [-0.39, 0.29) is 0 Å². The van der Waals surface area contributed by atoms with E-state index in [9.17, 15) is 14.4 Å². The predicted molar refractivity (Wildman–Crippen MR) is 103 cm³/mol. The molecule has 156 valence electrons. The van der Waals surface area contributed by atoms with Crippen LogP contribution in [0.3, 0.4) is 0 Å². The van der Waals surface area contributed by atoms with Crippen molar-refractivity contribution in [2.24, 2.45) is 11.3 Å². The first-order valence-electron chi connectivity index (χ1n) is 9.14. The molecule has 1 aromatic heterocycles. The molecule has 0 saturated heterocycles. The summed E-state index contributed by atoms with van der Waals surface area (Å²) in [6.07, 6.45) is 1.33. The van der Waals surface area contributed by atoms with E-state index in [4.69, 9.17) is 9.94 Å². The maximum atomic E-state index is 12.9. The summed E-state index contributed by atoms with van der Waals surface area (Å²) in [5, 5.41) is 14.3. The predicted octanol–water partition coefficient (Wildman–Crippen LogP) is 1.49. The summed E-state index contributed by atoms with van der Waals surface area (Å²) < 4.78 is 5.12. The van der Waals surface area contributed by atoms with Crippen LogP contribution in [0.5, 0.6) is 0 Å². The minimum atomic E-state index is -1.18. The van der Waals surface area contributed by atoms with Gasteiger partial charge in [0.1, 0.15) is 18.0 Å². The average Bonchev–Trinajstić information content (AvgIpc) is 2.65. The second-order valence-corrected chi connectivity index (χ2v) is 7.54. The van der Waals surface area contributed by atoms with E-state index in [1.54, 1.807) is 24.4 Å². The van der Waals surface area contributed by atoms with Gasteiger partial charge in [0.25, 0.3) is 5.91 Å². The highest BCUT2D eigenvalue weighted by Gasteiger charge is 2.38. The van der Waals surface area contributed by atoms with Gasteiger partial charge in [-0.2, -0.15) is 0 Å². The van der Waals surface area contributed by atoms with Crippen LogP contribution < -0.4 is 16.1 Å². The van der Waals surface area contributed by atoms with E-state index >= 15 is 0 Å². The summed E-state index contributed by atoms with van der Waals surface area (Å²) in [6, 6.07) is 4.23. The van der Waals surface area contributed by atoms with E-state index < -0.39 is 41.2 Å². The van der Waals surface area contributed by atoms with E-state index in [0.29, 0.717) is 18.7 Å². The van der Waals surface area contributed by atoms with Gasteiger partial charge in [-0.05, 0) is 24.0 Å². The van der Waals surface area contributed by atoms with Gasteiger partial charge in [0.2, 0.25) is 11.8 Å². The highest BCUT2D eigenvalue weighted by atomic mass is 16.5. The molecular weight excluding hydrogens is 364 g/mol. The fourth-order valence-corrected chi connectivity index (χ4v) is 2.81. The molecule has 0 bridgehead atoms. The van der Waals surface area contributed by atoms with E-state index in [1.807, 2.05) is 27.7 Å². The molecule has 1 rings (SSSR count). The molecule has 0 spiro atoms. The summed E-state index contributed by atoms with van der Waals surface area (Å²) in [5.41, 5.74) is 0.913. The van der Waals surface area contributed by atoms with Crippen molar-refractivity contribution in [3.05, 3.63) is 24.4 Å². The van der Waals surface area contributed by atoms with E-state index in [1.165, 1.54) is 12.6 Å². The van der Waals surface area contributed by atoms with Crippen molar-refractivity contribution < 1.29 is 24.3 Å². The first-order valence-corrected chi connectivity index (χ1v) is 9.14. The van der Waals surface area contributed by atoms with Gasteiger partial charge in [-0.3, -0.25) is 19.6 Å². The highest BCUT2D eigenvalue weighted by molar-refractivity contribution is 5.98. The van der Waals surface area contributed by atoms with Crippen molar-refractivity contribution in [3.63, 3.8) is 0 Å². The SMILES string of the molecule is CCC[C@@H](C(=O)N[C@H](C(=O)Nc1ccccn1)C(C)(C)C)[C@H](OC)C(=O)NO. The largest absolute Gasteiger partial charge is 0.371 e. The van der Waals surface area contributed by atoms with Gasteiger partial charge in [0, 0.05) is 13.3 Å². The molecule has 0 aliphatic heterocycles. The number of carbonyl (C=O) groups is 3. The highest BCUT2D eigenvalue weighted by Crippen LogP contribution is 2.23. The van der Waals surface area contributed by atoms with Gasteiger partial charge in [0.15, 0.2) is 0 Å². The molecule has 3 amide bonds. The molecule has 0 aliphatic rings. The van der Waals surface area contributed by atoms with Crippen molar-refractivity contribution in [1.29, 1.82) is 0 Å². The zero-order valence-electron chi connectivity index (χ0n) is 17.0. The first kappa shape index (κ1) is 23.5. The lowest BCUT2D eigenvalue weighted by Crippen LogP contribution is -2.55. The van der Waals surface area contributed by atoms with Gasteiger partial charge in [-0.15, -0.1) is 0 Å². The number of ether oxygens (including phenoxy) is 1. The molecule has 9 nitrogen and oxygen atoms in total. The number of hydroxylamine groups is 1. The number of methoxy groups -OCH3 is 1. The number of carbonyl (C=O) groups excluding carboxylic acids is 3. The molecular formula is C19H30N4O5. The van der Waals surface area contributed by atoms with Crippen LogP contribution in [0.4, 0.5) is 5.82 Å². The van der Waals surface area contributed by atoms with Crippen molar-refractivity contribution in [2.75, 3.05) is 12.4 Å². The molecule has 0 fully saturated rings. The molecule has 0 radical (unpaired) electrons. The topological polar surface area (TPSA) is 130 Å². The van der Waals surface area contributed by atoms with Gasteiger partial charge in [0.05, 0.1) is 5.92 Å². The summed E-state index contributed by atoms with van der Waals surface area (Å²) >= 11 is 0. The number of amides is 3. The number of anilines is 1. The van der Waals surface area contributed by atoms with Crippen LogP contribution >= 0.6 is 0 Å². The van der Waals surface area contributed by atoms with Crippen LogP contribution in [0.1, 0.15) is 40.5 Å². The third-order valence-electron chi connectivity index (χ3n) is 4.26. The van der Waals surface area contributed by atoms with E-state index in [0.717, 1.165) is 0 Å². The fourth-order valence-electron chi connectivity index (χ4n) is 2.81. The molecule has 1 aromatic rings. The Morgan fingerprint density at radius 1 is 1.18 bits per heavy atom. The fraction of sp³-hybridized carbons (Fsp3) is 0.579. The van der Waals surface area contributed by atoms with Crippen molar-refractivity contribution in [1.82, 2.24) is 15.8 Å². The molecule has 28 heavy (non-hydrogen) atoms. The quantitative estimate of drug-likeness (QED) is 0.371. The van der Waals surface area contributed by atoms with Crippen LogP contribution in [0, 0.1) is 11.3 Å². The number of aromatic nitrogens is 1. The maximum absolute atomic E-state index is 12.9. The zero-order valence-corrected chi connectivity index (χ0v) is 17.0. The Morgan fingerprint density at radius 2 is 1.86 bits per heavy atom. The van der Waals surface area contributed by atoms with Gasteiger partial charge in [-0.1, -0.05) is 40.2 Å². The van der Waals surface area contributed by atoms with Crippen LogP contribution in [-0.2, 0) is 19.1 Å². The zero-order chi connectivity index (χ0) is 21.3. The normalized spacial score (nSPS) is 14.5. The number of hydrogen-bond donors (Lipinski definition) is 4. The Hall–Kier alpha value is -2.52. The Morgan fingerprint density at radius 3 is 2.32 bits per heavy atom. The van der Waals surface area contributed by atoms with Gasteiger partial charge in [-0.25, -0.2) is 10.5 Å². The summed E-state index contributed by atoms with van der Waals surface area (Å²) in [4.78, 5) is 41.6. The minimum absolute atomic E-state index is 0.344. The van der Waals surface area contributed by atoms with Crippen molar-refractivity contribution >= 4 is 23.5 Å². The lowest BCUT2D eigenvalue weighted by atomic mass is 9.85.